The van der Waals surface area contributed by atoms with Gasteiger partial charge in [-0.3, -0.25) is 9.59 Å². The fourth-order valence-corrected chi connectivity index (χ4v) is 3.72. The van der Waals surface area contributed by atoms with Crippen molar-refractivity contribution in [3.63, 3.8) is 0 Å². The van der Waals surface area contributed by atoms with Crippen LogP contribution in [-0.4, -0.2) is 10.5 Å². The molecule has 4 heteroatoms. The molecule has 0 bridgehead atoms. The number of hydrogen-bond donors (Lipinski definition) is 0. The summed E-state index contributed by atoms with van der Waals surface area (Å²) in [5, 5.41) is -1.49. The first-order chi connectivity index (χ1) is 10.6. The van der Waals surface area contributed by atoms with Gasteiger partial charge < -0.3 is 0 Å². The van der Waals surface area contributed by atoms with E-state index in [1.165, 1.54) is 11.1 Å². The van der Waals surface area contributed by atoms with Crippen molar-refractivity contribution in [1.82, 2.24) is 0 Å². The molecule has 112 valence electrons. The predicted molar refractivity (Wildman–Crippen MR) is 87.5 cm³/mol. The molecule has 2 aromatic carbocycles. The second-order valence-corrected chi connectivity index (χ2v) is 6.25. The summed E-state index contributed by atoms with van der Waals surface area (Å²) in [6.07, 6.45) is 2.06. The number of rotatable bonds is 4. The smallest absolute Gasteiger partial charge is 0.237 e. The first-order valence-corrected chi connectivity index (χ1v) is 7.90. The van der Waals surface area contributed by atoms with Crippen LogP contribution in [0.25, 0.3) is 0 Å². The summed E-state index contributed by atoms with van der Waals surface area (Å²) in [4.78, 5) is 23.0. The van der Waals surface area contributed by atoms with Gasteiger partial charge in [0.25, 0.3) is 0 Å². The summed E-state index contributed by atoms with van der Waals surface area (Å²) in [5.74, 6) is -0.812. The number of halogens is 2. The van der Waals surface area contributed by atoms with Gasteiger partial charge in [0.2, 0.25) is 10.5 Å². The van der Waals surface area contributed by atoms with Crippen LogP contribution in [0, 0.1) is 0 Å². The normalized spacial score (nSPS) is 16.6. The number of hydrogen-bond acceptors (Lipinski definition) is 2. The molecule has 0 saturated heterocycles. The highest BCUT2D eigenvalue weighted by molar-refractivity contribution is 6.74. The van der Waals surface area contributed by atoms with Crippen LogP contribution >= 0.6 is 23.2 Å². The second-order valence-electron chi connectivity index (χ2n) is 5.50. The molecule has 0 fully saturated rings. The third-order valence-electron chi connectivity index (χ3n) is 4.23. The lowest BCUT2D eigenvalue weighted by atomic mass is 9.90. The molecule has 1 atom stereocenters. The summed E-state index contributed by atoms with van der Waals surface area (Å²) in [7, 11) is 0. The van der Waals surface area contributed by atoms with Crippen LogP contribution in [0.4, 0.5) is 0 Å². The van der Waals surface area contributed by atoms with Gasteiger partial charge in [-0.2, -0.15) is 0 Å². The Bertz CT molecular complexity index is 725. The first-order valence-electron chi connectivity index (χ1n) is 7.14. The fourth-order valence-electron chi connectivity index (χ4n) is 3.21. The lowest BCUT2D eigenvalue weighted by Crippen LogP contribution is -2.14. The molecule has 0 saturated carbocycles. The van der Waals surface area contributed by atoms with Crippen molar-refractivity contribution in [3.8, 4) is 0 Å². The van der Waals surface area contributed by atoms with Crippen LogP contribution in [0.2, 0.25) is 0 Å². The zero-order valence-electron chi connectivity index (χ0n) is 11.8. The van der Waals surface area contributed by atoms with Gasteiger partial charge in [-0.15, -0.1) is 0 Å². The largest absolute Gasteiger partial charge is 0.280 e. The third-order valence-corrected chi connectivity index (χ3v) is 4.67. The van der Waals surface area contributed by atoms with Crippen LogP contribution < -0.4 is 0 Å². The van der Waals surface area contributed by atoms with E-state index in [1.807, 2.05) is 30.3 Å². The summed E-state index contributed by atoms with van der Waals surface area (Å²) in [5.41, 5.74) is 4.31. The highest BCUT2D eigenvalue weighted by Crippen LogP contribution is 2.38. The lowest BCUT2D eigenvalue weighted by molar-refractivity contribution is -0.120. The van der Waals surface area contributed by atoms with E-state index in [2.05, 4.69) is 12.1 Å². The van der Waals surface area contributed by atoms with Crippen LogP contribution in [-0.2, 0) is 16.0 Å². The van der Waals surface area contributed by atoms with E-state index in [4.69, 9.17) is 23.2 Å². The molecule has 1 aliphatic rings. The Hall–Kier alpha value is -1.64. The molecule has 0 amide bonds. The molecule has 0 aliphatic heterocycles. The Morgan fingerprint density at radius 2 is 1.73 bits per heavy atom. The summed E-state index contributed by atoms with van der Waals surface area (Å²) in [6, 6.07) is 15.8. The minimum Gasteiger partial charge on any atom is -0.280 e. The number of benzene rings is 2. The summed E-state index contributed by atoms with van der Waals surface area (Å²) >= 11 is 11.0. The molecular formula is C18H14Cl2O2. The molecule has 2 nitrogen and oxygen atoms in total. The lowest BCUT2D eigenvalue weighted by Gasteiger charge is -2.15. The van der Waals surface area contributed by atoms with Gasteiger partial charge in [0, 0.05) is 5.92 Å². The highest BCUT2D eigenvalue weighted by Gasteiger charge is 2.28. The zero-order chi connectivity index (χ0) is 15.7. The molecule has 0 spiro atoms. The molecule has 0 aromatic heterocycles. The van der Waals surface area contributed by atoms with Crippen LogP contribution in [0.3, 0.4) is 0 Å². The van der Waals surface area contributed by atoms with Gasteiger partial charge in [0.1, 0.15) is 5.92 Å². The SMILES string of the molecule is O=C(Cl)C(C(=O)Cl)c1cccc(C2CCc3ccccc32)c1. The third kappa shape index (κ3) is 2.81. The van der Waals surface area contributed by atoms with Crippen molar-refractivity contribution in [2.45, 2.75) is 24.7 Å². The van der Waals surface area contributed by atoms with E-state index in [0.29, 0.717) is 5.56 Å². The average molecular weight is 333 g/mol. The van der Waals surface area contributed by atoms with E-state index in [0.717, 1.165) is 18.4 Å². The number of fused-ring (bicyclic) bond motifs is 1. The maximum Gasteiger partial charge on any atom is 0.237 e. The summed E-state index contributed by atoms with van der Waals surface area (Å²) < 4.78 is 0. The maximum absolute atomic E-state index is 11.5. The molecule has 22 heavy (non-hydrogen) atoms. The average Bonchev–Trinajstić information content (AvgIpc) is 2.90. The number of carbonyl (C=O) groups excluding carboxylic acids is 2. The number of carbonyl (C=O) groups is 2. The minimum atomic E-state index is -1.10. The fraction of sp³-hybridized carbons (Fsp3) is 0.222. The van der Waals surface area contributed by atoms with Crippen molar-refractivity contribution in [1.29, 1.82) is 0 Å². The molecular weight excluding hydrogens is 319 g/mol. The Kier molecular flexibility index (Phi) is 4.32. The Labute approximate surface area is 139 Å². The van der Waals surface area contributed by atoms with Gasteiger partial charge in [-0.1, -0.05) is 48.5 Å². The highest BCUT2D eigenvalue weighted by atomic mass is 35.5. The van der Waals surface area contributed by atoms with Crippen molar-refractivity contribution < 1.29 is 9.59 Å². The van der Waals surface area contributed by atoms with Gasteiger partial charge in [-0.05, 0) is 58.3 Å². The summed E-state index contributed by atoms with van der Waals surface area (Å²) in [6.45, 7) is 0. The van der Waals surface area contributed by atoms with Crippen LogP contribution in [0.15, 0.2) is 48.5 Å². The molecule has 0 heterocycles. The van der Waals surface area contributed by atoms with Crippen LogP contribution in [0.5, 0.6) is 0 Å². The van der Waals surface area contributed by atoms with E-state index < -0.39 is 16.4 Å². The van der Waals surface area contributed by atoms with Gasteiger partial charge in [0.15, 0.2) is 0 Å². The minimum absolute atomic E-state index is 0.285. The van der Waals surface area contributed by atoms with Crippen molar-refractivity contribution >= 4 is 33.7 Å². The second kappa shape index (κ2) is 6.23. The quantitative estimate of drug-likeness (QED) is 0.615. The topological polar surface area (TPSA) is 34.1 Å². The van der Waals surface area contributed by atoms with E-state index in [-0.39, 0.29) is 5.92 Å². The zero-order valence-corrected chi connectivity index (χ0v) is 13.3. The Balaban J connectivity index is 1.99. The van der Waals surface area contributed by atoms with Crippen LogP contribution in [0.1, 0.15) is 40.5 Å². The number of aryl methyl sites for hydroxylation is 1. The Morgan fingerprint density at radius 3 is 2.45 bits per heavy atom. The van der Waals surface area contributed by atoms with Crippen molar-refractivity contribution in [2.24, 2.45) is 0 Å². The standard InChI is InChI=1S/C18H14Cl2O2/c19-17(21)16(18(20)22)13-6-3-5-12(10-13)15-9-8-11-4-1-2-7-14(11)15/h1-7,10,15-16H,8-9H2. The molecule has 1 unspecified atom stereocenters. The van der Waals surface area contributed by atoms with E-state index in [1.54, 1.807) is 6.07 Å². The predicted octanol–water partition coefficient (Wildman–Crippen LogP) is 4.38. The molecule has 0 N–H and O–H groups in total. The van der Waals surface area contributed by atoms with E-state index >= 15 is 0 Å². The maximum atomic E-state index is 11.5. The van der Waals surface area contributed by atoms with Crippen molar-refractivity contribution in [2.75, 3.05) is 0 Å². The monoisotopic (exact) mass is 332 g/mol. The van der Waals surface area contributed by atoms with E-state index in [9.17, 15) is 9.59 Å². The molecule has 2 aromatic rings. The first kappa shape index (κ1) is 15.3. The van der Waals surface area contributed by atoms with Gasteiger partial charge >= 0.3 is 0 Å². The van der Waals surface area contributed by atoms with Crippen molar-refractivity contribution in [3.05, 3.63) is 70.8 Å². The molecule has 1 aliphatic carbocycles. The van der Waals surface area contributed by atoms with Gasteiger partial charge in [-0.25, -0.2) is 0 Å². The van der Waals surface area contributed by atoms with Gasteiger partial charge in [0.05, 0.1) is 0 Å². The molecule has 3 rings (SSSR count). The Morgan fingerprint density at radius 1 is 1.00 bits per heavy atom. The molecule has 0 radical (unpaired) electrons.